The van der Waals surface area contributed by atoms with E-state index in [4.69, 9.17) is 16.9 Å². The highest BCUT2D eigenvalue weighted by atomic mass is 35.5. The van der Waals surface area contributed by atoms with Crippen LogP contribution in [0.4, 0.5) is 0 Å². The summed E-state index contributed by atoms with van der Waals surface area (Å²) in [6.07, 6.45) is 4.76. The fraction of sp³-hybridized carbons (Fsp3) is 0.333. The lowest BCUT2D eigenvalue weighted by Gasteiger charge is -2.24. The minimum atomic E-state index is 0.0632. The van der Waals surface area contributed by atoms with Crippen molar-refractivity contribution in [2.45, 2.75) is 18.8 Å². The first kappa shape index (κ1) is 13.2. The molecule has 2 heterocycles. The second-order valence-corrected chi connectivity index (χ2v) is 5.82. The number of halogens is 1. The Labute approximate surface area is 123 Å². The quantitative estimate of drug-likeness (QED) is 0.923. The molecule has 1 aliphatic rings. The van der Waals surface area contributed by atoms with Crippen molar-refractivity contribution < 1.29 is 0 Å². The number of rotatable bonds is 2. The molecule has 1 aromatic carbocycles. The smallest absolute Gasteiger partial charge is 0.0994 e. The van der Waals surface area contributed by atoms with E-state index in [0.29, 0.717) is 10.6 Å². The summed E-state index contributed by atoms with van der Waals surface area (Å²) in [5.74, 6) is 0. The van der Waals surface area contributed by atoms with Crippen LogP contribution in [0.15, 0.2) is 30.7 Å². The average Bonchev–Trinajstić information content (AvgIpc) is 3.08. The number of hydrogen-bond donors (Lipinski definition) is 1. The minimum absolute atomic E-state index is 0.0632. The molecule has 3 rings (SSSR count). The van der Waals surface area contributed by atoms with Crippen LogP contribution in [0.25, 0.3) is 5.69 Å². The Hall–Kier alpha value is -1.83. The third-order valence-corrected chi connectivity index (χ3v) is 4.26. The van der Waals surface area contributed by atoms with Crippen molar-refractivity contribution in [3.63, 3.8) is 0 Å². The molecule has 1 aliphatic heterocycles. The Bertz CT molecular complexity index is 677. The van der Waals surface area contributed by atoms with Gasteiger partial charge in [0.2, 0.25) is 0 Å². The number of nitriles is 1. The fourth-order valence-electron chi connectivity index (χ4n) is 2.74. The monoisotopic (exact) mass is 286 g/mol. The van der Waals surface area contributed by atoms with Gasteiger partial charge in [0.05, 0.1) is 28.7 Å². The molecule has 1 atom stereocenters. The van der Waals surface area contributed by atoms with E-state index in [1.165, 1.54) is 0 Å². The van der Waals surface area contributed by atoms with Gasteiger partial charge in [-0.1, -0.05) is 18.5 Å². The molecule has 4 nitrogen and oxygen atoms in total. The number of imidazole rings is 1. The molecule has 0 saturated carbocycles. The lowest BCUT2D eigenvalue weighted by Crippen LogP contribution is -2.27. The van der Waals surface area contributed by atoms with Crippen molar-refractivity contribution in [1.82, 2.24) is 14.9 Å². The Balaban J connectivity index is 2.08. The van der Waals surface area contributed by atoms with Gasteiger partial charge in [0.15, 0.2) is 0 Å². The molecule has 1 saturated heterocycles. The maximum Gasteiger partial charge on any atom is 0.0994 e. The molecule has 0 amide bonds. The van der Waals surface area contributed by atoms with E-state index < -0.39 is 0 Å². The summed E-state index contributed by atoms with van der Waals surface area (Å²) in [5.41, 5.74) is 2.64. The van der Waals surface area contributed by atoms with Crippen LogP contribution < -0.4 is 5.32 Å². The summed E-state index contributed by atoms with van der Waals surface area (Å²) in [7, 11) is 0. The molecule has 1 aromatic heterocycles. The molecular weight excluding hydrogens is 272 g/mol. The number of hydrogen-bond acceptors (Lipinski definition) is 3. The molecular formula is C15H15ClN4. The Morgan fingerprint density at radius 1 is 1.50 bits per heavy atom. The molecule has 1 unspecified atom stereocenters. The summed E-state index contributed by atoms with van der Waals surface area (Å²) in [6.45, 7) is 4.19. The molecule has 0 aliphatic carbocycles. The van der Waals surface area contributed by atoms with E-state index in [2.05, 4.69) is 23.3 Å². The van der Waals surface area contributed by atoms with E-state index >= 15 is 0 Å². The normalized spacial score (nSPS) is 21.9. The minimum Gasteiger partial charge on any atom is -0.316 e. The molecule has 1 N–H and O–H groups in total. The number of nitrogens with one attached hydrogen (secondary N) is 1. The van der Waals surface area contributed by atoms with Crippen molar-refractivity contribution in [3.8, 4) is 11.8 Å². The third kappa shape index (κ3) is 2.09. The van der Waals surface area contributed by atoms with Gasteiger partial charge in [0.25, 0.3) is 0 Å². The van der Waals surface area contributed by atoms with Gasteiger partial charge in [0, 0.05) is 23.9 Å². The molecule has 0 bridgehead atoms. The largest absolute Gasteiger partial charge is 0.316 e. The Morgan fingerprint density at radius 2 is 2.35 bits per heavy atom. The van der Waals surface area contributed by atoms with Crippen molar-refractivity contribution in [2.75, 3.05) is 13.1 Å². The summed E-state index contributed by atoms with van der Waals surface area (Å²) >= 11 is 6.31. The van der Waals surface area contributed by atoms with Gasteiger partial charge in [-0.25, -0.2) is 4.98 Å². The fourth-order valence-corrected chi connectivity index (χ4v) is 3.01. The summed E-state index contributed by atoms with van der Waals surface area (Å²) in [6, 6.07) is 7.44. The maximum atomic E-state index is 8.92. The molecule has 20 heavy (non-hydrogen) atoms. The van der Waals surface area contributed by atoms with Crippen molar-refractivity contribution in [3.05, 3.63) is 47.0 Å². The zero-order chi connectivity index (χ0) is 14.2. The van der Waals surface area contributed by atoms with E-state index in [1.54, 1.807) is 18.5 Å². The van der Waals surface area contributed by atoms with Gasteiger partial charge in [0.1, 0.15) is 0 Å². The summed E-state index contributed by atoms with van der Waals surface area (Å²) in [5, 5.41) is 12.9. The summed E-state index contributed by atoms with van der Waals surface area (Å²) < 4.78 is 2.02. The second-order valence-electron chi connectivity index (χ2n) is 5.41. The first-order valence-electron chi connectivity index (χ1n) is 6.58. The van der Waals surface area contributed by atoms with E-state index in [9.17, 15) is 0 Å². The Morgan fingerprint density at radius 3 is 3.00 bits per heavy atom. The van der Waals surface area contributed by atoms with Crippen molar-refractivity contribution in [2.24, 2.45) is 0 Å². The average molecular weight is 287 g/mol. The molecule has 5 heteroatoms. The molecule has 102 valence electrons. The summed E-state index contributed by atoms with van der Waals surface area (Å²) in [4.78, 5) is 4.28. The first-order chi connectivity index (χ1) is 9.64. The predicted octanol–water partition coefficient (Wildman–Crippen LogP) is 2.65. The number of aromatic nitrogens is 2. The molecule has 0 spiro atoms. The zero-order valence-corrected chi connectivity index (χ0v) is 12.0. The van der Waals surface area contributed by atoms with Gasteiger partial charge in [-0.3, -0.25) is 0 Å². The topological polar surface area (TPSA) is 53.6 Å². The van der Waals surface area contributed by atoms with Gasteiger partial charge in [-0.15, -0.1) is 0 Å². The van der Waals surface area contributed by atoms with Crippen molar-refractivity contribution >= 4 is 11.6 Å². The van der Waals surface area contributed by atoms with Crippen LogP contribution in [0.5, 0.6) is 0 Å². The van der Waals surface area contributed by atoms with Gasteiger partial charge < -0.3 is 9.88 Å². The molecule has 1 fully saturated rings. The third-order valence-electron chi connectivity index (χ3n) is 3.96. The number of benzene rings is 1. The molecule has 0 radical (unpaired) electrons. The zero-order valence-electron chi connectivity index (χ0n) is 11.2. The van der Waals surface area contributed by atoms with Crippen LogP contribution in [0.2, 0.25) is 5.02 Å². The van der Waals surface area contributed by atoms with E-state index in [1.807, 2.05) is 16.8 Å². The first-order valence-corrected chi connectivity index (χ1v) is 6.95. The van der Waals surface area contributed by atoms with Gasteiger partial charge in [-0.05, 0) is 31.2 Å². The lowest BCUT2D eigenvalue weighted by molar-refractivity contribution is 0.499. The predicted molar refractivity (Wildman–Crippen MR) is 78.1 cm³/mol. The van der Waals surface area contributed by atoms with E-state index in [0.717, 1.165) is 30.9 Å². The SMILES string of the molecule is CC1(c2cncn2-c2ccc(C#N)cc2Cl)CCNC1. The molecule has 2 aromatic rings. The van der Waals surface area contributed by atoms with E-state index in [-0.39, 0.29) is 5.41 Å². The van der Waals surface area contributed by atoms with Gasteiger partial charge >= 0.3 is 0 Å². The van der Waals surface area contributed by atoms with Crippen molar-refractivity contribution in [1.29, 1.82) is 5.26 Å². The number of nitrogens with zero attached hydrogens (tertiary/aromatic N) is 3. The van der Waals surface area contributed by atoms with Crippen LogP contribution in [0, 0.1) is 11.3 Å². The Kier molecular flexibility index (Phi) is 3.25. The van der Waals surface area contributed by atoms with Crippen LogP contribution in [0.1, 0.15) is 24.6 Å². The van der Waals surface area contributed by atoms with Gasteiger partial charge in [-0.2, -0.15) is 5.26 Å². The second kappa shape index (κ2) is 4.93. The maximum absolute atomic E-state index is 8.92. The highest BCUT2D eigenvalue weighted by molar-refractivity contribution is 6.32. The lowest BCUT2D eigenvalue weighted by atomic mass is 9.86. The van der Waals surface area contributed by atoms with Crippen LogP contribution in [-0.4, -0.2) is 22.6 Å². The van der Waals surface area contributed by atoms with Crippen LogP contribution >= 0.6 is 11.6 Å². The standard InChI is InChI=1S/C15H15ClN4/c1-15(4-5-18-9-15)14-8-19-10-20(14)13-3-2-11(7-17)6-12(13)16/h2-3,6,8,10,18H,4-5,9H2,1H3. The highest BCUT2D eigenvalue weighted by Crippen LogP contribution is 2.33. The van der Waals surface area contributed by atoms with Crippen LogP contribution in [0.3, 0.4) is 0 Å². The highest BCUT2D eigenvalue weighted by Gasteiger charge is 2.33. The van der Waals surface area contributed by atoms with Crippen LogP contribution in [-0.2, 0) is 5.41 Å².